The van der Waals surface area contributed by atoms with Gasteiger partial charge in [0.25, 0.3) is 0 Å². The Hall–Kier alpha value is -0.980. The molecular formula is C11H15N. The first-order valence-corrected chi connectivity index (χ1v) is 4.63. The molecule has 0 N–H and O–H groups in total. The van der Waals surface area contributed by atoms with E-state index in [0.29, 0.717) is 5.92 Å². The van der Waals surface area contributed by atoms with Gasteiger partial charge in [-0.2, -0.15) is 0 Å². The van der Waals surface area contributed by atoms with E-state index in [4.69, 9.17) is 0 Å². The number of hydrogen-bond donors (Lipinski definition) is 0. The maximum Gasteiger partial charge on any atom is 0.0253 e. The Balaban J connectivity index is 2.30. The summed E-state index contributed by atoms with van der Waals surface area (Å²) >= 11 is 0. The molecule has 0 aromatic rings. The summed E-state index contributed by atoms with van der Waals surface area (Å²) in [7, 11) is 2.14. The van der Waals surface area contributed by atoms with E-state index in [1.807, 2.05) is 0 Å². The second-order valence-corrected chi connectivity index (χ2v) is 3.48. The SMILES string of the molecule is CCC1=CN(C)C2=CC=CCC12. The summed E-state index contributed by atoms with van der Waals surface area (Å²) in [5.41, 5.74) is 3.04. The van der Waals surface area contributed by atoms with Crippen molar-refractivity contribution >= 4 is 0 Å². The summed E-state index contributed by atoms with van der Waals surface area (Å²) in [5, 5.41) is 0. The van der Waals surface area contributed by atoms with E-state index in [2.05, 4.69) is 43.3 Å². The van der Waals surface area contributed by atoms with Crippen LogP contribution in [0.25, 0.3) is 0 Å². The zero-order valence-electron chi connectivity index (χ0n) is 7.75. The molecule has 0 aromatic carbocycles. The van der Waals surface area contributed by atoms with E-state index in [0.717, 1.165) is 0 Å². The molecule has 1 aliphatic carbocycles. The molecule has 0 saturated carbocycles. The highest BCUT2D eigenvalue weighted by molar-refractivity contribution is 5.34. The van der Waals surface area contributed by atoms with Gasteiger partial charge in [0.05, 0.1) is 0 Å². The third-order valence-electron chi connectivity index (χ3n) is 2.75. The van der Waals surface area contributed by atoms with Gasteiger partial charge in [0, 0.05) is 24.9 Å². The van der Waals surface area contributed by atoms with Crippen molar-refractivity contribution in [2.24, 2.45) is 5.92 Å². The number of rotatable bonds is 1. The minimum Gasteiger partial charge on any atom is -0.354 e. The summed E-state index contributed by atoms with van der Waals surface area (Å²) in [6.45, 7) is 2.24. The fourth-order valence-corrected chi connectivity index (χ4v) is 2.07. The Kier molecular flexibility index (Phi) is 1.80. The van der Waals surface area contributed by atoms with Crippen LogP contribution in [0.4, 0.5) is 0 Å². The highest BCUT2D eigenvalue weighted by Crippen LogP contribution is 2.36. The van der Waals surface area contributed by atoms with Crippen LogP contribution in [-0.2, 0) is 0 Å². The highest BCUT2D eigenvalue weighted by Gasteiger charge is 2.26. The fourth-order valence-electron chi connectivity index (χ4n) is 2.07. The van der Waals surface area contributed by atoms with Gasteiger partial charge in [0.1, 0.15) is 0 Å². The summed E-state index contributed by atoms with van der Waals surface area (Å²) < 4.78 is 0. The first kappa shape index (κ1) is 7.66. The van der Waals surface area contributed by atoms with Crippen molar-refractivity contribution in [2.75, 3.05) is 7.05 Å². The van der Waals surface area contributed by atoms with E-state index in [1.165, 1.54) is 18.5 Å². The lowest BCUT2D eigenvalue weighted by Crippen LogP contribution is -2.12. The summed E-state index contributed by atoms with van der Waals surface area (Å²) in [6, 6.07) is 0. The van der Waals surface area contributed by atoms with Gasteiger partial charge >= 0.3 is 0 Å². The minimum atomic E-state index is 0.685. The van der Waals surface area contributed by atoms with Gasteiger partial charge < -0.3 is 4.90 Å². The molecule has 2 aliphatic rings. The largest absolute Gasteiger partial charge is 0.354 e. The van der Waals surface area contributed by atoms with Gasteiger partial charge in [-0.15, -0.1) is 0 Å². The molecule has 1 nitrogen and oxygen atoms in total. The number of hydrogen-bond acceptors (Lipinski definition) is 1. The lowest BCUT2D eigenvalue weighted by molar-refractivity contribution is 0.530. The van der Waals surface area contributed by atoms with Gasteiger partial charge in [-0.25, -0.2) is 0 Å². The molecule has 0 saturated heterocycles. The second kappa shape index (κ2) is 2.81. The van der Waals surface area contributed by atoms with Crippen LogP contribution in [0.5, 0.6) is 0 Å². The number of nitrogens with zero attached hydrogens (tertiary/aromatic N) is 1. The molecule has 1 atom stereocenters. The van der Waals surface area contributed by atoms with Crippen LogP contribution in [0.1, 0.15) is 19.8 Å². The van der Waals surface area contributed by atoms with E-state index in [-0.39, 0.29) is 0 Å². The van der Waals surface area contributed by atoms with Crippen LogP contribution in [0, 0.1) is 5.92 Å². The zero-order valence-corrected chi connectivity index (χ0v) is 7.75. The zero-order chi connectivity index (χ0) is 8.55. The molecule has 0 radical (unpaired) electrons. The van der Waals surface area contributed by atoms with Crippen molar-refractivity contribution in [3.8, 4) is 0 Å². The van der Waals surface area contributed by atoms with E-state index in [1.54, 1.807) is 5.57 Å². The summed E-state index contributed by atoms with van der Waals surface area (Å²) in [5.74, 6) is 0.685. The molecule has 1 unspecified atom stereocenters. The molecule has 2 rings (SSSR count). The topological polar surface area (TPSA) is 3.24 Å². The molecule has 64 valence electrons. The van der Waals surface area contributed by atoms with Gasteiger partial charge in [0.2, 0.25) is 0 Å². The second-order valence-electron chi connectivity index (χ2n) is 3.48. The molecule has 0 fully saturated rings. The van der Waals surface area contributed by atoms with Crippen molar-refractivity contribution in [3.63, 3.8) is 0 Å². The summed E-state index contributed by atoms with van der Waals surface area (Å²) in [4.78, 5) is 2.26. The van der Waals surface area contributed by atoms with Crippen LogP contribution in [0.2, 0.25) is 0 Å². The Morgan fingerprint density at radius 1 is 1.58 bits per heavy atom. The molecule has 0 bridgehead atoms. The lowest BCUT2D eigenvalue weighted by atomic mass is 9.91. The molecule has 1 aliphatic heterocycles. The lowest BCUT2D eigenvalue weighted by Gasteiger charge is -2.20. The normalized spacial score (nSPS) is 26.8. The van der Waals surface area contributed by atoms with Gasteiger partial charge in [-0.3, -0.25) is 0 Å². The van der Waals surface area contributed by atoms with Crippen LogP contribution in [0.15, 0.2) is 35.7 Å². The molecular weight excluding hydrogens is 146 g/mol. The molecule has 12 heavy (non-hydrogen) atoms. The maximum atomic E-state index is 2.28. The summed E-state index contributed by atoms with van der Waals surface area (Å²) in [6.07, 6.45) is 11.3. The van der Waals surface area contributed by atoms with Gasteiger partial charge in [0.15, 0.2) is 0 Å². The fraction of sp³-hybridized carbons (Fsp3) is 0.455. The van der Waals surface area contributed by atoms with Gasteiger partial charge in [-0.05, 0) is 24.5 Å². The van der Waals surface area contributed by atoms with Crippen molar-refractivity contribution in [3.05, 3.63) is 35.7 Å². The molecule has 0 spiro atoms. The minimum absolute atomic E-state index is 0.685. The molecule has 1 heterocycles. The van der Waals surface area contributed by atoms with Crippen LogP contribution >= 0.6 is 0 Å². The first-order valence-electron chi connectivity index (χ1n) is 4.63. The average Bonchev–Trinajstić information content (AvgIpc) is 2.44. The predicted octanol–water partition coefficient (Wildman–Crippen LogP) is 2.69. The maximum absolute atomic E-state index is 2.28. The van der Waals surface area contributed by atoms with Crippen molar-refractivity contribution < 1.29 is 0 Å². The molecule has 0 aromatic heterocycles. The number of fused-ring (bicyclic) bond motifs is 1. The van der Waals surface area contributed by atoms with Crippen molar-refractivity contribution in [1.29, 1.82) is 0 Å². The first-order chi connectivity index (χ1) is 5.83. The van der Waals surface area contributed by atoms with Crippen molar-refractivity contribution in [1.82, 2.24) is 4.90 Å². The third-order valence-corrected chi connectivity index (χ3v) is 2.75. The van der Waals surface area contributed by atoms with Crippen molar-refractivity contribution in [2.45, 2.75) is 19.8 Å². The van der Waals surface area contributed by atoms with Gasteiger partial charge in [-0.1, -0.05) is 19.1 Å². The molecule has 1 heteroatoms. The Morgan fingerprint density at radius 2 is 2.42 bits per heavy atom. The monoisotopic (exact) mass is 161 g/mol. The smallest absolute Gasteiger partial charge is 0.0253 e. The highest BCUT2D eigenvalue weighted by atomic mass is 15.1. The Labute approximate surface area is 74.1 Å². The van der Waals surface area contributed by atoms with E-state index < -0.39 is 0 Å². The van der Waals surface area contributed by atoms with E-state index in [9.17, 15) is 0 Å². The third kappa shape index (κ3) is 1.01. The average molecular weight is 161 g/mol. The van der Waals surface area contributed by atoms with Crippen LogP contribution in [0.3, 0.4) is 0 Å². The standard InChI is InChI=1S/C11H15N/c1-3-9-8-12(2)11-7-5-4-6-10(9)11/h4-5,7-8,10H,3,6H2,1-2H3. The van der Waals surface area contributed by atoms with Crippen LogP contribution in [-0.4, -0.2) is 11.9 Å². The Bertz CT molecular complexity index is 271. The quantitative estimate of drug-likeness (QED) is 0.571. The van der Waals surface area contributed by atoms with Crippen LogP contribution < -0.4 is 0 Å². The predicted molar refractivity (Wildman–Crippen MR) is 51.5 cm³/mol. The Morgan fingerprint density at radius 3 is 3.17 bits per heavy atom. The number of allylic oxidation sites excluding steroid dienone is 4. The van der Waals surface area contributed by atoms with E-state index >= 15 is 0 Å². The molecule has 0 amide bonds.